The lowest BCUT2D eigenvalue weighted by Gasteiger charge is -2.13. The van der Waals surface area contributed by atoms with E-state index in [1.54, 1.807) is 25.1 Å². The second-order valence-electron chi connectivity index (χ2n) is 8.03. The average molecular weight is 462 g/mol. The SMILES string of the molecule is C#Cc1cccc(Nc2ncnc3cc(C)c(NC(=O)/C(F)=C/CN(C)C)cc23)c1.CCCC. The molecule has 0 radical (unpaired) electrons. The van der Waals surface area contributed by atoms with Crippen LogP contribution in [0.25, 0.3) is 10.9 Å². The lowest BCUT2D eigenvalue weighted by atomic mass is 10.1. The minimum Gasteiger partial charge on any atom is -0.340 e. The van der Waals surface area contributed by atoms with E-state index in [0.717, 1.165) is 16.8 Å². The largest absolute Gasteiger partial charge is 0.340 e. The number of aryl methyl sites for hydroxylation is 1. The van der Waals surface area contributed by atoms with Crippen LogP contribution in [-0.4, -0.2) is 41.4 Å². The van der Waals surface area contributed by atoms with E-state index in [-0.39, 0.29) is 0 Å². The predicted molar refractivity (Wildman–Crippen MR) is 139 cm³/mol. The molecule has 2 aromatic carbocycles. The standard InChI is InChI=1S/C23H22FN5O.C4H10/c1-5-16-7-6-8-17(12-16)27-22-18-13-20(15(2)11-21(18)25-14-26-22)28-23(30)19(24)9-10-29(3)4;1-3-4-2/h1,6-9,11-14H,10H2,2-4H3,(H,28,30)(H,25,26,27);3-4H2,1-2H3/b19-9-;. The van der Waals surface area contributed by atoms with Gasteiger partial charge in [-0.05, 0) is 63.0 Å². The monoisotopic (exact) mass is 461 g/mol. The normalized spacial score (nSPS) is 10.9. The number of hydrogen-bond acceptors (Lipinski definition) is 5. The van der Waals surface area contributed by atoms with Crippen molar-refractivity contribution in [1.82, 2.24) is 14.9 Å². The molecule has 1 heterocycles. The van der Waals surface area contributed by atoms with Gasteiger partial charge >= 0.3 is 0 Å². The van der Waals surface area contributed by atoms with Gasteiger partial charge in [0.1, 0.15) is 12.1 Å². The second kappa shape index (κ2) is 13.1. The molecule has 1 amide bonds. The first-order valence-electron chi connectivity index (χ1n) is 11.2. The van der Waals surface area contributed by atoms with Crippen LogP contribution in [0.5, 0.6) is 0 Å². The number of carbonyl (C=O) groups is 1. The molecule has 0 spiro atoms. The molecular formula is C27H32FN5O. The molecule has 0 atom stereocenters. The summed E-state index contributed by atoms with van der Waals surface area (Å²) in [7, 11) is 3.59. The Kier molecular flexibility index (Phi) is 10.2. The van der Waals surface area contributed by atoms with Crippen molar-refractivity contribution in [3.8, 4) is 12.3 Å². The third-order valence-corrected chi connectivity index (χ3v) is 4.87. The summed E-state index contributed by atoms with van der Waals surface area (Å²) in [4.78, 5) is 22.6. The van der Waals surface area contributed by atoms with Crippen LogP contribution in [0.2, 0.25) is 0 Å². The van der Waals surface area contributed by atoms with Crippen LogP contribution < -0.4 is 10.6 Å². The van der Waals surface area contributed by atoms with E-state index < -0.39 is 11.7 Å². The number of unbranched alkanes of at least 4 members (excludes halogenated alkanes) is 1. The van der Waals surface area contributed by atoms with E-state index >= 15 is 0 Å². The zero-order chi connectivity index (χ0) is 25.1. The molecule has 0 aliphatic heterocycles. The van der Waals surface area contributed by atoms with E-state index in [4.69, 9.17) is 6.42 Å². The fraction of sp³-hybridized carbons (Fsp3) is 0.296. The highest BCUT2D eigenvalue weighted by molar-refractivity contribution is 6.04. The maximum atomic E-state index is 14.1. The third-order valence-electron chi connectivity index (χ3n) is 4.87. The maximum Gasteiger partial charge on any atom is 0.284 e. The molecule has 2 N–H and O–H groups in total. The van der Waals surface area contributed by atoms with Gasteiger partial charge in [0.25, 0.3) is 5.91 Å². The van der Waals surface area contributed by atoms with Gasteiger partial charge in [0.05, 0.1) is 5.52 Å². The summed E-state index contributed by atoms with van der Waals surface area (Å²) in [5.41, 5.74) is 3.45. The Bertz CT molecular complexity index is 1200. The second-order valence-corrected chi connectivity index (χ2v) is 8.03. The number of nitrogens with one attached hydrogen (secondary N) is 2. The van der Waals surface area contributed by atoms with E-state index in [1.165, 1.54) is 25.2 Å². The van der Waals surface area contributed by atoms with Gasteiger partial charge in [0.2, 0.25) is 0 Å². The van der Waals surface area contributed by atoms with E-state index in [1.807, 2.05) is 37.3 Å². The van der Waals surface area contributed by atoms with Gasteiger partial charge in [-0.1, -0.05) is 38.7 Å². The fourth-order valence-electron chi connectivity index (χ4n) is 2.80. The van der Waals surface area contributed by atoms with Crippen LogP contribution >= 0.6 is 0 Å². The van der Waals surface area contributed by atoms with Gasteiger partial charge in [0, 0.05) is 28.9 Å². The quantitative estimate of drug-likeness (QED) is 0.343. The van der Waals surface area contributed by atoms with Crippen LogP contribution in [0.4, 0.5) is 21.6 Å². The summed E-state index contributed by atoms with van der Waals surface area (Å²) >= 11 is 0. The molecular weight excluding hydrogens is 429 g/mol. The summed E-state index contributed by atoms with van der Waals surface area (Å²) in [5.74, 6) is 1.51. The van der Waals surface area contributed by atoms with Crippen LogP contribution in [0.15, 0.2) is 54.6 Å². The van der Waals surface area contributed by atoms with Gasteiger partial charge in [0.15, 0.2) is 5.83 Å². The minimum absolute atomic E-state index is 0.328. The van der Waals surface area contributed by atoms with Crippen molar-refractivity contribution in [3.05, 3.63) is 65.8 Å². The number of benzene rings is 2. The van der Waals surface area contributed by atoms with Gasteiger partial charge in [-0.25, -0.2) is 14.4 Å². The Hall–Kier alpha value is -3.76. The summed E-state index contributed by atoms with van der Waals surface area (Å²) in [6, 6.07) is 10.9. The highest BCUT2D eigenvalue weighted by atomic mass is 19.1. The number of rotatable bonds is 7. The number of terminal acetylenes is 1. The van der Waals surface area contributed by atoms with Crippen molar-refractivity contribution in [3.63, 3.8) is 0 Å². The molecule has 7 heteroatoms. The first-order valence-corrected chi connectivity index (χ1v) is 11.2. The number of anilines is 3. The van der Waals surface area contributed by atoms with Crippen molar-refractivity contribution >= 4 is 34.0 Å². The number of hydrogen-bond donors (Lipinski definition) is 2. The molecule has 1 aromatic heterocycles. The molecule has 6 nitrogen and oxygen atoms in total. The van der Waals surface area contributed by atoms with E-state index in [0.29, 0.717) is 29.0 Å². The number of halogens is 1. The molecule has 0 bridgehead atoms. The summed E-state index contributed by atoms with van der Waals surface area (Å²) in [6.45, 7) is 6.51. The summed E-state index contributed by atoms with van der Waals surface area (Å²) in [6.07, 6.45) is 10.8. The summed E-state index contributed by atoms with van der Waals surface area (Å²) < 4.78 is 14.1. The Morgan fingerprint density at radius 1 is 1.18 bits per heavy atom. The topological polar surface area (TPSA) is 70.1 Å². The number of nitrogens with zero attached hydrogens (tertiary/aromatic N) is 3. The van der Waals surface area contributed by atoms with Crippen molar-refractivity contribution in [2.75, 3.05) is 31.3 Å². The van der Waals surface area contributed by atoms with Gasteiger partial charge < -0.3 is 15.5 Å². The predicted octanol–water partition coefficient (Wildman–Crippen LogP) is 5.82. The highest BCUT2D eigenvalue weighted by Crippen LogP contribution is 2.29. The first kappa shape index (κ1) is 26.5. The lowest BCUT2D eigenvalue weighted by molar-refractivity contribution is -0.114. The number of fused-ring (bicyclic) bond motifs is 1. The molecule has 34 heavy (non-hydrogen) atoms. The highest BCUT2D eigenvalue weighted by Gasteiger charge is 2.13. The Morgan fingerprint density at radius 2 is 1.91 bits per heavy atom. The van der Waals surface area contributed by atoms with Crippen molar-refractivity contribution in [2.45, 2.75) is 33.6 Å². The molecule has 178 valence electrons. The molecule has 0 saturated heterocycles. The zero-order valence-corrected chi connectivity index (χ0v) is 20.4. The van der Waals surface area contributed by atoms with Crippen LogP contribution in [0, 0.1) is 19.3 Å². The molecule has 0 aliphatic rings. The number of amides is 1. The molecule has 3 aromatic rings. The van der Waals surface area contributed by atoms with E-state index in [2.05, 4.69) is 40.4 Å². The first-order chi connectivity index (χ1) is 16.3. The molecule has 3 rings (SSSR count). The minimum atomic E-state index is -0.836. The van der Waals surface area contributed by atoms with Gasteiger partial charge in [-0.3, -0.25) is 4.79 Å². The maximum absolute atomic E-state index is 14.1. The van der Waals surface area contributed by atoms with E-state index in [9.17, 15) is 9.18 Å². The molecule has 0 saturated carbocycles. The van der Waals surface area contributed by atoms with Crippen molar-refractivity contribution in [2.24, 2.45) is 0 Å². The Labute approximate surface area is 201 Å². The average Bonchev–Trinajstić information content (AvgIpc) is 2.83. The fourth-order valence-corrected chi connectivity index (χ4v) is 2.80. The number of likely N-dealkylation sites (N-methyl/N-ethyl adjacent to an activating group) is 1. The number of carbonyl (C=O) groups excluding carboxylic acids is 1. The van der Waals surface area contributed by atoms with Gasteiger partial charge in [-0.15, -0.1) is 6.42 Å². The van der Waals surface area contributed by atoms with Crippen LogP contribution in [0.1, 0.15) is 37.8 Å². The third kappa shape index (κ3) is 7.68. The van der Waals surface area contributed by atoms with Crippen LogP contribution in [-0.2, 0) is 4.79 Å². The zero-order valence-electron chi connectivity index (χ0n) is 20.4. The van der Waals surface area contributed by atoms with Crippen molar-refractivity contribution < 1.29 is 9.18 Å². The molecule has 0 aliphatic carbocycles. The Balaban J connectivity index is 0.000000945. The van der Waals surface area contributed by atoms with Crippen molar-refractivity contribution in [1.29, 1.82) is 0 Å². The van der Waals surface area contributed by atoms with Gasteiger partial charge in [-0.2, -0.15) is 0 Å². The summed E-state index contributed by atoms with van der Waals surface area (Å²) in [5, 5.41) is 6.53. The van der Waals surface area contributed by atoms with Crippen LogP contribution in [0.3, 0.4) is 0 Å². The Morgan fingerprint density at radius 3 is 2.56 bits per heavy atom. The smallest absolute Gasteiger partial charge is 0.284 e. The number of aromatic nitrogens is 2. The molecule has 0 unspecified atom stereocenters. The molecule has 0 fully saturated rings. The lowest BCUT2D eigenvalue weighted by Crippen LogP contribution is -2.16.